The van der Waals surface area contributed by atoms with E-state index in [-0.39, 0.29) is 22.3 Å². The monoisotopic (exact) mass is 262 g/mol. The number of benzene rings is 1. The molecule has 98 valence electrons. The van der Waals surface area contributed by atoms with Crippen molar-refractivity contribution in [3.8, 4) is 24.3 Å². The molecular formula is C16H14N4. The number of hydrogen-bond acceptors (Lipinski definition) is 4. The molecule has 0 bridgehead atoms. The van der Waals surface area contributed by atoms with Crippen LogP contribution in [0.5, 0.6) is 0 Å². The molecule has 0 saturated carbocycles. The van der Waals surface area contributed by atoms with Crippen LogP contribution in [0.2, 0.25) is 0 Å². The van der Waals surface area contributed by atoms with Crippen LogP contribution >= 0.6 is 0 Å². The molecular weight excluding hydrogens is 248 g/mol. The summed E-state index contributed by atoms with van der Waals surface area (Å²) in [4.78, 5) is 0. The largest absolute Gasteiger partial charge is 0.192 e. The molecule has 0 N–H and O–H groups in total. The minimum absolute atomic E-state index is 0.0369. The second kappa shape index (κ2) is 6.94. The molecule has 0 heterocycles. The molecule has 0 fully saturated rings. The van der Waals surface area contributed by atoms with E-state index < -0.39 is 0 Å². The highest BCUT2D eigenvalue weighted by atomic mass is 14.4. The van der Waals surface area contributed by atoms with E-state index >= 15 is 0 Å². The van der Waals surface area contributed by atoms with Gasteiger partial charge in [0.25, 0.3) is 0 Å². The first-order valence-corrected chi connectivity index (χ1v) is 6.52. The molecule has 0 aromatic heterocycles. The summed E-state index contributed by atoms with van der Waals surface area (Å²) in [6, 6.07) is 7.91. The van der Waals surface area contributed by atoms with Crippen molar-refractivity contribution in [3.63, 3.8) is 0 Å². The quantitative estimate of drug-likeness (QED) is 0.832. The molecule has 1 aromatic rings. The van der Waals surface area contributed by atoms with Crippen LogP contribution in [-0.4, -0.2) is 0 Å². The lowest BCUT2D eigenvalue weighted by Gasteiger charge is -2.15. The first-order chi connectivity index (χ1) is 9.69. The molecule has 1 rings (SSSR count). The van der Waals surface area contributed by atoms with Gasteiger partial charge in [-0.2, -0.15) is 21.0 Å². The molecule has 4 nitrogen and oxygen atoms in total. The molecule has 1 aromatic carbocycles. The van der Waals surface area contributed by atoms with E-state index in [0.29, 0.717) is 12.8 Å². The normalized spacial score (nSPS) is 9.10. The molecule has 20 heavy (non-hydrogen) atoms. The van der Waals surface area contributed by atoms with Gasteiger partial charge in [-0.1, -0.05) is 26.7 Å². The fraction of sp³-hybridized carbons (Fsp3) is 0.375. The van der Waals surface area contributed by atoms with E-state index in [9.17, 15) is 21.0 Å². The van der Waals surface area contributed by atoms with Crippen molar-refractivity contribution >= 4 is 0 Å². The van der Waals surface area contributed by atoms with Crippen LogP contribution in [0.4, 0.5) is 0 Å². The van der Waals surface area contributed by atoms with Gasteiger partial charge in [0.2, 0.25) is 0 Å². The van der Waals surface area contributed by atoms with E-state index in [4.69, 9.17) is 0 Å². The number of rotatable bonds is 4. The lowest BCUT2D eigenvalue weighted by molar-refractivity contribution is 0.853. The van der Waals surface area contributed by atoms with Gasteiger partial charge in [0, 0.05) is 0 Å². The van der Waals surface area contributed by atoms with Gasteiger partial charge in [-0.25, -0.2) is 0 Å². The third kappa shape index (κ3) is 2.47. The third-order valence-electron chi connectivity index (χ3n) is 3.17. The number of nitriles is 4. The maximum Gasteiger partial charge on any atom is 0.102 e. The molecule has 0 aliphatic rings. The van der Waals surface area contributed by atoms with Crippen molar-refractivity contribution in [2.24, 2.45) is 0 Å². The van der Waals surface area contributed by atoms with Gasteiger partial charge >= 0.3 is 0 Å². The van der Waals surface area contributed by atoms with E-state index in [1.807, 2.05) is 38.1 Å². The van der Waals surface area contributed by atoms with Crippen LogP contribution in [0.25, 0.3) is 0 Å². The van der Waals surface area contributed by atoms with Crippen molar-refractivity contribution in [3.05, 3.63) is 33.4 Å². The van der Waals surface area contributed by atoms with Gasteiger partial charge < -0.3 is 0 Å². The highest BCUT2D eigenvalue weighted by Gasteiger charge is 2.22. The lowest BCUT2D eigenvalue weighted by atomic mass is 9.84. The molecule has 0 saturated heterocycles. The van der Waals surface area contributed by atoms with Crippen molar-refractivity contribution in [1.29, 1.82) is 21.0 Å². The Labute approximate surface area is 119 Å². The van der Waals surface area contributed by atoms with Gasteiger partial charge in [0.1, 0.15) is 24.3 Å². The van der Waals surface area contributed by atoms with Gasteiger partial charge in [0.05, 0.1) is 22.3 Å². The van der Waals surface area contributed by atoms with Crippen molar-refractivity contribution in [2.75, 3.05) is 0 Å². The fourth-order valence-electron chi connectivity index (χ4n) is 2.38. The van der Waals surface area contributed by atoms with E-state index in [1.54, 1.807) is 0 Å². The van der Waals surface area contributed by atoms with Crippen molar-refractivity contribution in [1.82, 2.24) is 0 Å². The molecule has 0 spiro atoms. The highest BCUT2D eigenvalue weighted by molar-refractivity contribution is 5.67. The average molecular weight is 262 g/mol. The highest BCUT2D eigenvalue weighted by Crippen LogP contribution is 2.29. The van der Waals surface area contributed by atoms with Gasteiger partial charge in [-0.3, -0.25) is 0 Å². The summed E-state index contributed by atoms with van der Waals surface area (Å²) < 4.78 is 0. The Kier molecular flexibility index (Phi) is 5.29. The van der Waals surface area contributed by atoms with Crippen molar-refractivity contribution < 1.29 is 0 Å². The Morgan fingerprint density at radius 3 is 1.10 bits per heavy atom. The first kappa shape index (κ1) is 15.2. The van der Waals surface area contributed by atoms with Gasteiger partial charge in [-0.05, 0) is 24.0 Å². The minimum Gasteiger partial charge on any atom is -0.192 e. The Hall–Kier alpha value is -2.82. The molecule has 0 atom stereocenters. The summed E-state index contributed by atoms with van der Waals surface area (Å²) >= 11 is 0. The smallest absolute Gasteiger partial charge is 0.102 e. The summed E-state index contributed by atoms with van der Waals surface area (Å²) in [5.74, 6) is 0. The Balaban J connectivity index is 3.93. The van der Waals surface area contributed by atoms with E-state index in [0.717, 1.165) is 24.0 Å². The summed E-state index contributed by atoms with van der Waals surface area (Å²) in [7, 11) is 0. The fourth-order valence-corrected chi connectivity index (χ4v) is 2.38. The van der Waals surface area contributed by atoms with E-state index in [1.165, 1.54) is 0 Å². The maximum absolute atomic E-state index is 9.34. The summed E-state index contributed by atoms with van der Waals surface area (Å²) in [6.07, 6.45) is 2.89. The molecule has 0 aliphatic heterocycles. The summed E-state index contributed by atoms with van der Waals surface area (Å²) in [5, 5.41) is 37.1. The Morgan fingerprint density at radius 1 is 0.600 bits per heavy atom. The zero-order valence-corrected chi connectivity index (χ0v) is 11.6. The van der Waals surface area contributed by atoms with Crippen molar-refractivity contribution in [2.45, 2.75) is 39.5 Å². The third-order valence-corrected chi connectivity index (χ3v) is 3.17. The second-order valence-corrected chi connectivity index (χ2v) is 4.40. The number of hydrogen-bond donors (Lipinski definition) is 0. The number of nitrogens with zero attached hydrogens (tertiary/aromatic N) is 4. The van der Waals surface area contributed by atoms with Gasteiger partial charge in [-0.15, -0.1) is 0 Å². The molecule has 0 unspecified atom stereocenters. The standard InChI is InChI=1S/C16H14N4/c1-3-5-11-12(6-4-2)14(8-18)16(10-20)15(9-19)13(11)7-17/h3-6H2,1-2H3. The Morgan fingerprint density at radius 2 is 0.900 bits per heavy atom. The van der Waals surface area contributed by atoms with Gasteiger partial charge in [0.15, 0.2) is 0 Å². The summed E-state index contributed by atoms with van der Waals surface area (Å²) in [5.41, 5.74) is 2.10. The first-order valence-electron chi connectivity index (χ1n) is 6.52. The van der Waals surface area contributed by atoms with Crippen LogP contribution in [0.15, 0.2) is 0 Å². The maximum atomic E-state index is 9.34. The van der Waals surface area contributed by atoms with E-state index in [2.05, 4.69) is 0 Å². The zero-order chi connectivity index (χ0) is 15.1. The summed E-state index contributed by atoms with van der Waals surface area (Å²) in [6.45, 7) is 3.96. The van der Waals surface area contributed by atoms with Crippen LogP contribution in [-0.2, 0) is 12.8 Å². The zero-order valence-electron chi connectivity index (χ0n) is 11.6. The predicted molar refractivity (Wildman–Crippen MR) is 73.3 cm³/mol. The van der Waals surface area contributed by atoms with Crippen LogP contribution < -0.4 is 0 Å². The SMILES string of the molecule is CCCc1c(C#N)c(C#N)c(C#N)c(C#N)c1CCC. The lowest BCUT2D eigenvalue weighted by Crippen LogP contribution is -2.08. The molecule has 0 amide bonds. The molecule has 4 heteroatoms. The minimum atomic E-state index is 0.0369. The molecule has 0 radical (unpaired) electrons. The van der Waals surface area contributed by atoms with Crippen LogP contribution in [0.1, 0.15) is 60.1 Å². The van der Waals surface area contributed by atoms with Crippen LogP contribution in [0.3, 0.4) is 0 Å². The topological polar surface area (TPSA) is 95.2 Å². The second-order valence-electron chi connectivity index (χ2n) is 4.40. The predicted octanol–water partition coefficient (Wildman–Crippen LogP) is 3.08. The molecule has 0 aliphatic carbocycles. The Bertz CT molecular complexity index is 627. The van der Waals surface area contributed by atoms with Crippen LogP contribution in [0, 0.1) is 45.3 Å². The average Bonchev–Trinajstić information content (AvgIpc) is 2.47.